The van der Waals surface area contributed by atoms with Gasteiger partial charge < -0.3 is 10.2 Å². The van der Waals surface area contributed by atoms with Crippen LogP contribution in [0.15, 0.2) is 46.7 Å². The third-order valence-corrected chi connectivity index (χ3v) is 5.27. The van der Waals surface area contributed by atoms with Crippen molar-refractivity contribution in [2.45, 2.75) is 30.7 Å². The van der Waals surface area contributed by atoms with Gasteiger partial charge >= 0.3 is 0 Å². The molecule has 0 fully saturated rings. The van der Waals surface area contributed by atoms with E-state index in [0.29, 0.717) is 34.2 Å². The third kappa shape index (κ3) is 5.08. The van der Waals surface area contributed by atoms with Crippen molar-refractivity contribution in [1.82, 2.24) is 14.9 Å². The van der Waals surface area contributed by atoms with Crippen LogP contribution in [0.5, 0.6) is 11.5 Å². The lowest BCUT2D eigenvalue weighted by atomic mass is 10.2. The average Bonchev–Trinajstić information content (AvgIpc) is 3.08. The van der Waals surface area contributed by atoms with Crippen LogP contribution in [0.3, 0.4) is 0 Å². The van der Waals surface area contributed by atoms with E-state index >= 15 is 0 Å². The van der Waals surface area contributed by atoms with E-state index in [0.717, 1.165) is 18.1 Å². The van der Waals surface area contributed by atoms with Gasteiger partial charge in [-0.1, -0.05) is 48.5 Å². The molecule has 3 aromatic rings. The maximum absolute atomic E-state index is 12.0. The Hall–Kier alpha value is -3.11. The molecule has 0 atom stereocenters. The van der Waals surface area contributed by atoms with Crippen molar-refractivity contribution < 1.29 is 15.1 Å². The Morgan fingerprint density at radius 2 is 1.93 bits per heavy atom. The predicted molar refractivity (Wildman–Crippen MR) is 110 cm³/mol. The molecule has 0 radical (unpaired) electrons. The largest absolute Gasteiger partial charge is 0.872 e. The lowest BCUT2D eigenvalue weighted by molar-refractivity contribution is -0.398. The van der Waals surface area contributed by atoms with Crippen LogP contribution in [0.4, 0.5) is 5.69 Å². The molecule has 3 rings (SSSR count). The number of rotatable bonds is 8. The van der Waals surface area contributed by atoms with Gasteiger partial charge in [0.25, 0.3) is 5.69 Å². The van der Waals surface area contributed by atoms with E-state index in [-0.39, 0.29) is 5.56 Å². The summed E-state index contributed by atoms with van der Waals surface area (Å²) in [4.78, 5) is 10.1. The summed E-state index contributed by atoms with van der Waals surface area (Å²) in [6.07, 6.45) is 2.60. The zero-order valence-corrected chi connectivity index (χ0v) is 17.4. The highest BCUT2D eigenvalue weighted by Gasteiger charge is 2.13. The van der Waals surface area contributed by atoms with Gasteiger partial charge in [-0.15, -0.1) is 15.9 Å². The molecule has 0 aliphatic rings. The fourth-order valence-electron chi connectivity index (χ4n) is 2.54. The van der Waals surface area contributed by atoms with Gasteiger partial charge in [-0.3, -0.25) is 10.1 Å². The van der Waals surface area contributed by atoms with Crippen molar-refractivity contribution in [3.05, 3.63) is 68.5 Å². The van der Waals surface area contributed by atoms with E-state index in [1.54, 1.807) is 12.1 Å². The van der Waals surface area contributed by atoms with E-state index in [1.807, 2.05) is 19.1 Å². The number of hydrogen-bond acceptors (Lipinski definition) is 8. The van der Waals surface area contributed by atoms with Crippen molar-refractivity contribution >= 4 is 35.3 Å². The van der Waals surface area contributed by atoms with Gasteiger partial charge in [0.15, 0.2) is 5.82 Å². The molecule has 0 bridgehead atoms. The molecule has 9 nitrogen and oxygen atoms in total. The van der Waals surface area contributed by atoms with Crippen LogP contribution in [0.25, 0.3) is 0 Å². The van der Waals surface area contributed by atoms with E-state index < -0.39 is 22.1 Å². The molecule has 2 aromatic carbocycles. The topological polar surface area (TPSA) is 132 Å². The number of thioether (sulfide) groups is 1. The van der Waals surface area contributed by atoms with Crippen molar-refractivity contribution in [2.75, 3.05) is 0 Å². The maximum Gasteiger partial charge on any atom is 0.262 e. The first-order chi connectivity index (χ1) is 14.4. The molecule has 0 amide bonds. The van der Waals surface area contributed by atoms with E-state index in [1.165, 1.54) is 22.7 Å². The first kappa shape index (κ1) is 21.6. The summed E-state index contributed by atoms with van der Waals surface area (Å²) in [7, 11) is 0. The van der Waals surface area contributed by atoms with Crippen molar-refractivity contribution in [2.24, 2.45) is 5.10 Å². The molecule has 0 saturated heterocycles. The molecule has 1 heterocycles. The number of nitro groups is 1. The molecule has 0 saturated carbocycles. The van der Waals surface area contributed by atoms with E-state index in [9.17, 15) is 20.3 Å². The second-order valence-corrected chi connectivity index (χ2v) is 7.61. The number of aryl methyl sites for hydroxylation is 1. The molecule has 0 aliphatic heterocycles. The quantitative estimate of drug-likeness (QED) is 0.225. The molecular weight excluding hydrogens is 430 g/mol. The first-order valence-corrected chi connectivity index (χ1v) is 10.3. The lowest BCUT2D eigenvalue weighted by Gasteiger charge is -2.15. The van der Waals surface area contributed by atoms with E-state index in [4.69, 9.17) is 11.6 Å². The Bertz CT molecular complexity index is 1090. The molecule has 0 spiro atoms. The molecule has 0 N–H and O–H groups in total. The predicted octanol–water partition coefficient (Wildman–Crippen LogP) is 3.11. The van der Waals surface area contributed by atoms with Crippen molar-refractivity contribution in [3.63, 3.8) is 0 Å². The number of nitrogens with zero attached hydrogens (tertiary/aromatic N) is 5. The Balaban J connectivity index is 1.89. The fraction of sp³-hybridized carbons (Fsp3) is 0.211. The standard InChI is InChI=1S/C19H18ClN5O4S/c1-2-3-18-22-23-19(30-11-12-4-6-14(20)7-5-12)24(18)21-10-13-8-15(25(28)29)17(27)9-16(13)26/h4-10,26-27H,2-3,11H2,1H3/p-2/b21-10-. The number of benzene rings is 2. The Kier molecular flexibility index (Phi) is 6.91. The smallest absolute Gasteiger partial charge is 0.262 e. The molecule has 156 valence electrons. The molecule has 0 unspecified atom stereocenters. The maximum atomic E-state index is 12.0. The molecule has 0 aliphatic carbocycles. The van der Waals surface area contributed by atoms with Gasteiger partial charge in [0, 0.05) is 23.3 Å². The molecule has 30 heavy (non-hydrogen) atoms. The SMILES string of the molecule is CCCc1nnc(SCc2ccc(Cl)cc2)n1/N=C\c1cc([N+](=O)[O-])c([O-])cc1[O-]. The summed E-state index contributed by atoms with van der Waals surface area (Å²) in [5, 5.41) is 48.3. The summed E-state index contributed by atoms with van der Waals surface area (Å²) in [5.41, 5.74) is 0.292. The van der Waals surface area contributed by atoms with Gasteiger partial charge in [0.2, 0.25) is 5.16 Å². The van der Waals surface area contributed by atoms with Gasteiger partial charge in [-0.25, -0.2) is 0 Å². The summed E-state index contributed by atoms with van der Waals surface area (Å²) in [6.45, 7) is 1.98. The van der Waals surface area contributed by atoms with Crippen molar-refractivity contribution in [1.29, 1.82) is 0 Å². The van der Waals surface area contributed by atoms with Crippen molar-refractivity contribution in [3.8, 4) is 11.5 Å². The Labute approximate surface area is 181 Å². The van der Waals surface area contributed by atoms with Crippen LogP contribution in [0.2, 0.25) is 5.02 Å². The van der Waals surface area contributed by atoms with Gasteiger partial charge in [0.05, 0.1) is 11.1 Å². The number of aromatic nitrogens is 3. The number of halogens is 1. The minimum atomic E-state index is -0.933. The fourth-order valence-corrected chi connectivity index (χ4v) is 3.53. The highest BCUT2D eigenvalue weighted by atomic mass is 35.5. The van der Waals surface area contributed by atoms with E-state index in [2.05, 4.69) is 15.3 Å². The van der Waals surface area contributed by atoms with Gasteiger partial charge in [-0.2, -0.15) is 9.78 Å². The minimum absolute atomic E-state index is 0.0638. The first-order valence-electron chi connectivity index (χ1n) is 8.91. The zero-order chi connectivity index (χ0) is 21.7. The highest BCUT2D eigenvalue weighted by Crippen LogP contribution is 2.29. The molecule has 11 heteroatoms. The zero-order valence-electron chi connectivity index (χ0n) is 15.8. The lowest BCUT2D eigenvalue weighted by Crippen LogP contribution is -2.05. The Morgan fingerprint density at radius 3 is 2.60 bits per heavy atom. The normalized spacial score (nSPS) is 11.3. The summed E-state index contributed by atoms with van der Waals surface area (Å²) in [6, 6.07) is 9.02. The second-order valence-electron chi connectivity index (χ2n) is 6.24. The van der Waals surface area contributed by atoms with Crippen LogP contribution in [-0.4, -0.2) is 26.0 Å². The summed E-state index contributed by atoms with van der Waals surface area (Å²) in [5.74, 6) is -0.387. The highest BCUT2D eigenvalue weighted by molar-refractivity contribution is 7.98. The molecule has 1 aromatic heterocycles. The Morgan fingerprint density at radius 1 is 1.20 bits per heavy atom. The van der Waals surface area contributed by atoms with Crippen LogP contribution in [-0.2, 0) is 12.2 Å². The molecular formula is C19H16ClN5O4S-2. The van der Waals surface area contributed by atoms with Gasteiger partial charge in [-0.05, 0) is 35.4 Å². The number of nitro benzene ring substituents is 1. The van der Waals surface area contributed by atoms with Crippen LogP contribution >= 0.6 is 23.4 Å². The summed E-state index contributed by atoms with van der Waals surface area (Å²) >= 11 is 7.30. The minimum Gasteiger partial charge on any atom is -0.872 e. The van der Waals surface area contributed by atoms with Crippen LogP contribution < -0.4 is 10.2 Å². The van der Waals surface area contributed by atoms with Crippen LogP contribution in [0, 0.1) is 10.1 Å². The third-order valence-electron chi connectivity index (χ3n) is 4.03. The monoisotopic (exact) mass is 445 g/mol. The average molecular weight is 446 g/mol. The van der Waals surface area contributed by atoms with Gasteiger partial charge in [0.1, 0.15) is 0 Å². The number of hydrogen-bond donors (Lipinski definition) is 0. The van der Waals surface area contributed by atoms with Crippen LogP contribution in [0.1, 0.15) is 30.3 Å². The summed E-state index contributed by atoms with van der Waals surface area (Å²) < 4.78 is 1.50. The second kappa shape index (κ2) is 9.59.